The smallest absolute Gasteiger partial charge is 0.304 e. The monoisotopic (exact) mass is 273 g/mol. The largest absolute Gasteiger partial charge is 0.379 e. The van der Waals surface area contributed by atoms with Crippen molar-refractivity contribution in [3.05, 3.63) is 34.4 Å². The molecule has 0 saturated carbocycles. The van der Waals surface area contributed by atoms with E-state index in [-0.39, 0.29) is 6.61 Å². The van der Waals surface area contributed by atoms with Gasteiger partial charge in [0.1, 0.15) is 6.10 Å². The van der Waals surface area contributed by atoms with Gasteiger partial charge in [-0.25, -0.2) is 0 Å². The molecule has 0 bridgehead atoms. The zero-order chi connectivity index (χ0) is 13.2. The second-order valence-electron chi connectivity index (χ2n) is 3.76. The second-order valence-corrected chi connectivity index (χ2v) is 5.30. The summed E-state index contributed by atoms with van der Waals surface area (Å²) in [6.45, 7) is 0.608. The minimum atomic E-state index is -4.14. The number of para-hydroxylation sites is 1. The first-order valence-electron chi connectivity index (χ1n) is 5.25. The van der Waals surface area contributed by atoms with Crippen LogP contribution < -0.4 is 0 Å². The van der Waals surface area contributed by atoms with Crippen molar-refractivity contribution in [3.8, 4) is 0 Å². The van der Waals surface area contributed by atoms with Gasteiger partial charge in [-0.15, -0.1) is 0 Å². The van der Waals surface area contributed by atoms with E-state index in [4.69, 9.17) is 8.92 Å². The van der Waals surface area contributed by atoms with E-state index < -0.39 is 31.7 Å². The van der Waals surface area contributed by atoms with Gasteiger partial charge in [0.25, 0.3) is 5.69 Å². The maximum Gasteiger partial charge on any atom is 0.304 e. The number of benzene rings is 1. The molecule has 0 amide bonds. The van der Waals surface area contributed by atoms with Crippen LogP contribution >= 0.6 is 0 Å². The lowest BCUT2D eigenvalue weighted by molar-refractivity contribution is -0.387. The van der Waals surface area contributed by atoms with E-state index >= 15 is 0 Å². The van der Waals surface area contributed by atoms with Crippen LogP contribution in [0.15, 0.2) is 29.2 Å². The molecule has 0 aromatic heterocycles. The Morgan fingerprint density at radius 3 is 2.72 bits per heavy atom. The van der Waals surface area contributed by atoms with Crippen LogP contribution in [0.1, 0.15) is 6.42 Å². The lowest BCUT2D eigenvalue weighted by Gasteiger charge is -2.10. The molecule has 1 aliphatic heterocycles. The van der Waals surface area contributed by atoms with Gasteiger partial charge in [-0.2, -0.15) is 8.42 Å². The molecule has 1 saturated heterocycles. The van der Waals surface area contributed by atoms with E-state index in [1.54, 1.807) is 0 Å². The van der Waals surface area contributed by atoms with Crippen molar-refractivity contribution in [3.63, 3.8) is 0 Å². The van der Waals surface area contributed by atoms with Crippen molar-refractivity contribution in [1.82, 2.24) is 0 Å². The Hall–Kier alpha value is -1.51. The van der Waals surface area contributed by atoms with Crippen LogP contribution in [-0.4, -0.2) is 32.7 Å². The highest BCUT2D eigenvalue weighted by Crippen LogP contribution is 2.26. The van der Waals surface area contributed by atoms with Crippen LogP contribution in [0.2, 0.25) is 0 Å². The number of ether oxygens (including phenoxy) is 1. The fourth-order valence-electron chi connectivity index (χ4n) is 1.64. The first kappa shape index (κ1) is 12.9. The van der Waals surface area contributed by atoms with Gasteiger partial charge in [-0.1, -0.05) is 12.1 Å². The Morgan fingerprint density at radius 2 is 2.11 bits per heavy atom. The van der Waals surface area contributed by atoms with Gasteiger partial charge in [0, 0.05) is 19.1 Å². The van der Waals surface area contributed by atoms with Crippen LogP contribution in [0, 0.1) is 10.1 Å². The summed E-state index contributed by atoms with van der Waals surface area (Å²) in [6.07, 6.45) is -0.116. The fourth-order valence-corrected chi connectivity index (χ4v) is 2.90. The van der Waals surface area contributed by atoms with Gasteiger partial charge in [-0.05, 0) is 6.07 Å². The van der Waals surface area contributed by atoms with Gasteiger partial charge in [0.2, 0.25) is 0 Å². The molecule has 8 heteroatoms. The molecule has 0 N–H and O–H groups in total. The Kier molecular flexibility index (Phi) is 3.60. The Balaban J connectivity index is 2.31. The van der Waals surface area contributed by atoms with Crippen LogP contribution in [0.5, 0.6) is 0 Å². The van der Waals surface area contributed by atoms with Crippen molar-refractivity contribution >= 4 is 15.8 Å². The predicted octanol–water partition coefficient (Wildman–Crippen LogP) is 1.09. The zero-order valence-electron chi connectivity index (χ0n) is 9.31. The molecule has 1 aliphatic rings. The molecular weight excluding hydrogens is 262 g/mol. The third-order valence-corrected chi connectivity index (χ3v) is 3.89. The Labute approximate surface area is 104 Å². The molecule has 1 aromatic rings. The maximum absolute atomic E-state index is 11.9. The van der Waals surface area contributed by atoms with Crippen molar-refractivity contribution in [2.45, 2.75) is 17.4 Å². The minimum absolute atomic E-state index is 0.180. The number of rotatable bonds is 4. The third-order valence-electron chi connectivity index (χ3n) is 2.48. The number of nitro groups is 1. The zero-order valence-corrected chi connectivity index (χ0v) is 10.1. The molecule has 1 aromatic carbocycles. The average molecular weight is 273 g/mol. The number of hydrogen-bond acceptors (Lipinski definition) is 6. The summed E-state index contributed by atoms with van der Waals surface area (Å²) < 4.78 is 33.8. The first-order valence-corrected chi connectivity index (χ1v) is 6.66. The van der Waals surface area contributed by atoms with Crippen molar-refractivity contribution < 1.29 is 22.3 Å². The number of nitro benzene ring substituents is 1. The van der Waals surface area contributed by atoms with Crippen LogP contribution in [0.25, 0.3) is 0 Å². The average Bonchev–Trinajstić information content (AvgIpc) is 2.81. The maximum atomic E-state index is 11.9. The van der Waals surface area contributed by atoms with Crippen LogP contribution in [0.4, 0.5) is 5.69 Å². The molecule has 98 valence electrons. The van der Waals surface area contributed by atoms with Gasteiger partial charge in [0.05, 0.1) is 11.5 Å². The Morgan fingerprint density at radius 1 is 1.39 bits per heavy atom. The van der Waals surface area contributed by atoms with Crippen LogP contribution in [-0.2, 0) is 19.0 Å². The predicted molar refractivity (Wildman–Crippen MR) is 60.6 cm³/mol. The summed E-state index contributed by atoms with van der Waals surface area (Å²) in [5.74, 6) is 0. The third kappa shape index (κ3) is 2.66. The van der Waals surface area contributed by atoms with Crippen LogP contribution in [0.3, 0.4) is 0 Å². The summed E-state index contributed by atoms with van der Waals surface area (Å²) in [5.41, 5.74) is -0.489. The molecular formula is C10H11NO6S. The molecule has 0 radical (unpaired) electrons. The van der Waals surface area contributed by atoms with Gasteiger partial charge in [-0.3, -0.25) is 14.3 Å². The number of hydrogen-bond donors (Lipinski definition) is 0. The van der Waals surface area contributed by atoms with Crippen molar-refractivity contribution in [1.29, 1.82) is 0 Å². The van der Waals surface area contributed by atoms with Crippen molar-refractivity contribution in [2.75, 3.05) is 13.2 Å². The second kappa shape index (κ2) is 5.01. The molecule has 1 fully saturated rings. The SMILES string of the molecule is O=[N+]([O-])c1ccccc1S(=O)(=O)OC1CCOC1. The van der Waals surface area contributed by atoms with E-state index in [2.05, 4.69) is 0 Å². The molecule has 1 unspecified atom stereocenters. The normalized spacial score (nSPS) is 19.9. The minimum Gasteiger partial charge on any atom is -0.379 e. The lowest BCUT2D eigenvalue weighted by atomic mass is 10.3. The van der Waals surface area contributed by atoms with Gasteiger partial charge < -0.3 is 4.74 Å². The molecule has 2 rings (SSSR count). The summed E-state index contributed by atoms with van der Waals surface area (Å²) >= 11 is 0. The summed E-state index contributed by atoms with van der Waals surface area (Å²) in [7, 11) is -4.14. The fraction of sp³-hybridized carbons (Fsp3) is 0.400. The van der Waals surface area contributed by atoms with E-state index in [0.29, 0.717) is 13.0 Å². The summed E-state index contributed by atoms with van der Waals surface area (Å²) in [5, 5.41) is 10.8. The highest BCUT2D eigenvalue weighted by atomic mass is 32.2. The van der Waals surface area contributed by atoms with Gasteiger partial charge in [0.15, 0.2) is 4.90 Å². The van der Waals surface area contributed by atoms with E-state index in [1.807, 2.05) is 0 Å². The van der Waals surface area contributed by atoms with Gasteiger partial charge >= 0.3 is 10.1 Å². The summed E-state index contributed by atoms with van der Waals surface area (Å²) in [6, 6.07) is 5.09. The lowest BCUT2D eigenvalue weighted by Crippen LogP contribution is -2.19. The van der Waals surface area contributed by atoms with E-state index in [0.717, 1.165) is 12.1 Å². The number of nitrogens with zero attached hydrogens (tertiary/aromatic N) is 1. The van der Waals surface area contributed by atoms with E-state index in [1.165, 1.54) is 12.1 Å². The molecule has 18 heavy (non-hydrogen) atoms. The summed E-state index contributed by atoms with van der Waals surface area (Å²) in [4.78, 5) is 9.59. The first-order chi connectivity index (χ1) is 8.50. The standard InChI is InChI=1S/C10H11NO6S/c12-11(13)9-3-1-2-4-10(9)18(14,15)17-8-5-6-16-7-8/h1-4,8H,5-7H2. The molecule has 1 atom stereocenters. The molecule has 0 aliphatic carbocycles. The molecule has 1 heterocycles. The quantitative estimate of drug-likeness (QED) is 0.463. The van der Waals surface area contributed by atoms with E-state index in [9.17, 15) is 18.5 Å². The highest BCUT2D eigenvalue weighted by Gasteiger charge is 2.30. The molecule has 0 spiro atoms. The van der Waals surface area contributed by atoms with Crippen molar-refractivity contribution in [2.24, 2.45) is 0 Å². The highest BCUT2D eigenvalue weighted by molar-refractivity contribution is 7.87. The Bertz CT molecular complexity index is 549. The molecule has 7 nitrogen and oxygen atoms in total. The topological polar surface area (TPSA) is 95.7 Å².